The summed E-state index contributed by atoms with van der Waals surface area (Å²) in [5.41, 5.74) is 9.58. The molecule has 1 atom stereocenters. The highest BCUT2D eigenvalue weighted by atomic mass is 16.6. The number of nitriles is 1. The van der Waals surface area contributed by atoms with Crippen LogP contribution in [0.3, 0.4) is 0 Å². The molecule has 0 radical (unpaired) electrons. The number of carbonyl (C=O) groups excluding carboxylic acids is 1. The fourth-order valence-corrected chi connectivity index (χ4v) is 3.08. The van der Waals surface area contributed by atoms with Gasteiger partial charge in [0, 0.05) is 36.1 Å². The second-order valence-electron chi connectivity index (χ2n) is 7.04. The minimum atomic E-state index is -0.453. The molecule has 0 saturated heterocycles. The molecule has 0 saturated carbocycles. The molecule has 0 bridgehead atoms. The average molecular weight is 400 g/mol. The first-order valence-corrected chi connectivity index (χ1v) is 9.80. The van der Waals surface area contributed by atoms with Crippen molar-refractivity contribution in [1.82, 2.24) is 9.88 Å². The first-order valence-electron chi connectivity index (χ1n) is 9.80. The molecule has 6 nitrogen and oxygen atoms in total. The Kier molecular flexibility index (Phi) is 6.66. The summed E-state index contributed by atoms with van der Waals surface area (Å²) in [4.78, 5) is 18.8. The van der Waals surface area contributed by atoms with Gasteiger partial charge < -0.3 is 15.4 Å². The second kappa shape index (κ2) is 9.57. The van der Waals surface area contributed by atoms with E-state index in [-0.39, 0.29) is 11.9 Å². The van der Waals surface area contributed by atoms with Crippen molar-refractivity contribution < 1.29 is 9.53 Å². The lowest BCUT2D eigenvalue weighted by atomic mass is 10.0. The summed E-state index contributed by atoms with van der Waals surface area (Å²) in [6.45, 7) is 4.48. The number of pyridine rings is 1. The van der Waals surface area contributed by atoms with Crippen LogP contribution in [-0.2, 0) is 6.54 Å². The van der Waals surface area contributed by atoms with E-state index in [2.05, 4.69) is 11.1 Å². The van der Waals surface area contributed by atoms with Gasteiger partial charge in [-0.1, -0.05) is 43.3 Å². The Morgan fingerprint density at radius 3 is 2.63 bits per heavy atom. The number of ether oxygens (including phenoxy) is 1. The predicted octanol–water partition coefficient (Wildman–Crippen LogP) is 5.00. The quantitative estimate of drug-likeness (QED) is 0.588. The summed E-state index contributed by atoms with van der Waals surface area (Å²) in [6.07, 6.45) is 1.92. The van der Waals surface area contributed by atoms with Gasteiger partial charge in [-0.25, -0.2) is 9.78 Å². The van der Waals surface area contributed by atoms with Gasteiger partial charge in [0.2, 0.25) is 5.88 Å². The minimum absolute atomic E-state index is 0.00931. The van der Waals surface area contributed by atoms with E-state index in [4.69, 9.17) is 15.7 Å². The zero-order valence-electron chi connectivity index (χ0n) is 17.1. The van der Waals surface area contributed by atoms with Crippen LogP contribution in [0.15, 0.2) is 66.9 Å². The topological polar surface area (TPSA) is 92.2 Å². The fraction of sp³-hybridized carbons (Fsp3) is 0.208. The summed E-state index contributed by atoms with van der Waals surface area (Å²) in [5.74, 6) is 0.197. The molecule has 0 aliphatic rings. The minimum Gasteiger partial charge on any atom is -0.398 e. The molecular weight excluding hydrogens is 376 g/mol. The molecule has 0 unspecified atom stereocenters. The maximum Gasteiger partial charge on any atom is 0.417 e. The molecule has 1 heterocycles. The van der Waals surface area contributed by atoms with E-state index in [9.17, 15) is 4.79 Å². The van der Waals surface area contributed by atoms with Gasteiger partial charge >= 0.3 is 6.09 Å². The zero-order valence-corrected chi connectivity index (χ0v) is 17.1. The molecule has 2 aromatic carbocycles. The van der Waals surface area contributed by atoms with Gasteiger partial charge in [-0.05, 0) is 42.7 Å². The number of amides is 1. The first kappa shape index (κ1) is 20.9. The van der Waals surface area contributed by atoms with Gasteiger partial charge in [0.05, 0.1) is 11.6 Å². The Morgan fingerprint density at radius 1 is 1.20 bits per heavy atom. The molecule has 3 rings (SSSR count). The Hall–Kier alpha value is -3.85. The number of aromatic nitrogens is 1. The van der Waals surface area contributed by atoms with E-state index in [0.717, 1.165) is 23.1 Å². The van der Waals surface area contributed by atoms with Gasteiger partial charge in [-0.3, -0.25) is 0 Å². The molecule has 1 aromatic heterocycles. The molecule has 0 spiro atoms. The van der Waals surface area contributed by atoms with Gasteiger partial charge in [-0.15, -0.1) is 0 Å². The van der Waals surface area contributed by atoms with E-state index in [1.54, 1.807) is 41.4 Å². The predicted molar refractivity (Wildman–Crippen MR) is 117 cm³/mol. The molecular formula is C24H24N4O2. The van der Waals surface area contributed by atoms with E-state index in [0.29, 0.717) is 17.8 Å². The van der Waals surface area contributed by atoms with Crippen molar-refractivity contribution in [2.24, 2.45) is 0 Å². The van der Waals surface area contributed by atoms with Crippen LogP contribution in [0.5, 0.6) is 5.88 Å². The van der Waals surface area contributed by atoms with Crippen LogP contribution in [0, 0.1) is 11.3 Å². The van der Waals surface area contributed by atoms with E-state index in [1.165, 1.54) is 0 Å². The van der Waals surface area contributed by atoms with E-state index in [1.807, 2.05) is 44.2 Å². The Bertz CT molecular complexity index is 1060. The van der Waals surface area contributed by atoms with Crippen molar-refractivity contribution in [3.8, 4) is 23.1 Å². The second-order valence-corrected chi connectivity index (χ2v) is 7.04. The van der Waals surface area contributed by atoms with Crippen LogP contribution in [0.2, 0.25) is 0 Å². The van der Waals surface area contributed by atoms with Crippen LogP contribution in [0.4, 0.5) is 10.5 Å². The molecule has 0 aliphatic carbocycles. The summed E-state index contributed by atoms with van der Waals surface area (Å²) in [7, 11) is 0. The third kappa shape index (κ3) is 4.95. The number of nitrogens with two attached hydrogens (primary N) is 1. The monoisotopic (exact) mass is 400 g/mol. The first-order chi connectivity index (χ1) is 14.5. The van der Waals surface area contributed by atoms with Crippen molar-refractivity contribution in [1.29, 1.82) is 5.26 Å². The SMILES string of the molecule is CC[C@H](C)N(Cc1ccccc1)C(=O)Oc1cc(-c2ccc(C#N)cc2N)ccn1. The number of rotatable bonds is 6. The number of nitrogen functional groups attached to an aromatic ring is 1. The fourth-order valence-electron chi connectivity index (χ4n) is 3.08. The lowest BCUT2D eigenvalue weighted by Crippen LogP contribution is -2.39. The smallest absolute Gasteiger partial charge is 0.398 e. The van der Waals surface area contributed by atoms with Crippen LogP contribution in [0.1, 0.15) is 31.4 Å². The molecule has 6 heteroatoms. The van der Waals surface area contributed by atoms with Gasteiger partial charge in [-0.2, -0.15) is 5.26 Å². The Labute approximate surface area is 176 Å². The standard InChI is InChI=1S/C24H24N4O2/c1-3-17(2)28(16-18-7-5-4-6-8-18)24(29)30-23-14-20(11-12-27-23)21-10-9-19(15-25)13-22(21)26/h4-14,17H,3,16,26H2,1-2H3/t17-/m0/s1. The highest BCUT2D eigenvalue weighted by molar-refractivity contribution is 5.78. The van der Waals surface area contributed by atoms with E-state index < -0.39 is 6.09 Å². The molecule has 3 aromatic rings. The maximum absolute atomic E-state index is 12.9. The Morgan fingerprint density at radius 2 is 1.97 bits per heavy atom. The highest BCUT2D eigenvalue weighted by Gasteiger charge is 2.22. The molecule has 152 valence electrons. The van der Waals surface area contributed by atoms with Gasteiger partial charge in [0.15, 0.2) is 0 Å². The summed E-state index contributed by atoms with van der Waals surface area (Å²) >= 11 is 0. The number of hydrogen-bond acceptors (Lipinski definition) is 5. The third-order valence-electron chi connectivity index (χ3n) is 4.97. The van der Waals surface area contributed by atoms with Crippen molar-refractivity contribution in [2.45, 2.75) is 32.9 Å². The highest BCUT2D eigenvalue weighted by Crippen LogP contribution is 2.28. The van der Waals surface area contributed by atoms with Crippen LogP contribution in [-0.4, -0.2) is 22.0 Å². The summed E-state index contributed by atoms with van der Waals surface area (Å²) in [5, 5.41) is 9.01. The van der Waals surface area contributed by atoms with Crippen molar-refractivity contribution in [3.05, 3.63) is 78.0 Å². The van der Waals surface area contributed by atoms with Crippen molar-refractivity contribution in [3.63, 3.8) is 0 Å². The van der Waals surface area contributed by atoms with Crippen molar-refractivity contribution >= 4 is 11.8 Å². The molecule has 0 fully saturated rings. The lowest BCUT2D eigenvalue weighted by Gasteiger charge is -2.27. The van der Waals surface area contributed by atoms with Crippen LogP contribution < -0.4 is 10.5 Å². The molecule has 1 amide bonds. The zero-order chi connectivity index (χ0) is 21.5. The average Bonchev–Trinajstić information content (AvgIpc) is 2.77. The summed E-state index contributed by atoms with van der Waals surface area (Å²) < 4.78 is 5.60. The largest absolute Gasteiger partial charge is 0.417 e. The number of carbonyl (C=O) groups is 1. The Balaban J connectivity index is 1.81. The number of benzene rings is 2. The summed E-state index contributed by atoms with van der Waals surface area (Å²) in [6, 6.07) is 20.4. The van der Waals surface area contributed by atoms with E-state index >= 15 is 0 Å². The molecule has 0 aliphatic heterocycles. The van der Waals surface area contributed by atoms with Gasteiger partial charge in [0.1, 0.15) is 0 Å². The van der Waals surface area contributed by atoms with Crippen LogP contribution in [0.25, 0.3) is 11.1 Å². The molecule has 30 heavy (non-hydrogen) atoms. The third-order valence-corrected chi connectivity index (χ3v) is 4.97. The van der Waals surface area contributed by atoms with Crippen LogP contribution >= 0.6 is 0 Å². The number of nitrogens with zero attached hydrogens (tertiary/aromatic N) is 3. The molecule has 2 N–H and O–H groups in total. The normalized spacial score (nSPS) is 11.4. The van der Waals surface area contributed by atoms with Gasteiger partial charge in [0.25, 0.3) is 0 Å². The number of hydrogen-bond donors (Lipinski definition) is 1. The lowest BCUT2D eigenvalue weighted by molar-refractivity contribution is 0.128. The maximum atomic E-state index is 12.9. The number of anilines is 1. The van der Waals surface area contributed by atoms with Crippen molar-refractivity contribution in [2.75, 3.05) is 5.73 Å².